The third-order valence-electron chi connectivity index (χ3n) is 3.59. The Morgan fingerprint density at radius 1 is 1.47 bits per heavy atom. The maximum absolute atomic E-state index is 10.5. The van der Waals surface area contributed by atoms with E-state index in [9.17, 15) is 4.79 Å². The zero-order chi connectivity index (χ0) is 13.2. The third-order valence-corrected chi connectivity index (χ3v) is 4.53. The topological polar surface area (TPSA) is 49.8 Å². The Kier molecular flexibility index (Phi) is 3.68. The lowest BCUT2D eigenvalue weighted by Crippen LogP contribution is -2.41. The van der Waals surface area contributed by atoms with Gasteiger partial charge in [-0.05, 0) is 35.9 Å². The number of carboxylic acids is 1. The Labute approximate surface area is 116 Å². The van der Waals surface area contributed by atoms with Crippen molar-refractivity contribution in [3.8, 4) is 0 Å². The maximum Gasteiger partial charge on any atom is 0.328 e. The van der Waals surface area contributed by atoms with E-state index < -0.39 is 5.97 Å². The molecule has 2 aliphatic rings. The van der Waals surface area contributed by atoms with Crippen LogP contribution >= 0.6 is 11.3 Å². The largest absolute Gasteiger partial charge is 0.478 e. The molecule has 102 valence electrons. The lowest BCUT2D eigenvalue weighted by Gasteiger charge is -2.31. The van der Waals surface area contributed by atoms with Gasteiger partial charge in [-0.15, -0.1) is 11.3 Å². The molecule has 3 rings (SSSR count). The number of hydrogen-bond acceptors (Lipinski definition) is 4. The van der Waals surface area contributed by atoms with Crippen molar-refractivity contribution >= 4 is 23.4 Å². The van der Waals surface area contributed by atoms with Crippen molar-refractivity contribution in [2.24, 2.45) is 0 Å². The van der Waals surface area contributed by atoms with Gasteiger partial charge in [0.1, 0.15) is 0 Å². The molecule has 19 heavy (non-hydrogen) atoms. The number of carbonyl (C=O) groups is 1. The minimum absolute atomic E-state index is 0.421. The molecular formula is C14H17NO3S. The molecule has 1 N–H and O–H groups in total. The second-order valence-corrected chi connectivity index (χ2v) is 6.17. The van der Waals surface area contributed by atoms with Crippen LogP contribution in [0.4, 0.5) is 0 Å². The van der Waals surface area contributed by atoms with Crippen LogP contribution in [0.1, 0.15) is 23.3 Å². The minimum Gasteiger partial charge on any atom is -0.478 e. The van der Waals surface area contributed by atoms with E-state index in [1.165, 1.54) is 23.8 Å². The summed E-state index contributed by atoms with van der Waals surface area (Å²) in [6.45, 7) is 2.99. The molecule has 0 radical (unpaired) electrons. The summed E-state index contributed by atoms with van der Waals surface area (Å²) in [5.41, 5.74) is 0.971. The summed E-state index contributed by atoms with van der Waals surface area (Å²) in [6, 6.07) is 2.07. The summed E-state index contributed by atoms with van der Waals surface area (Å²) in [6.07, 6.45) is 6.05. The highest BCUT2D eigenvalue weighted by Crippen LogP contribution is 2.28. The normalized spacial score (nSPS) is 27.2. The Balaban J connectivity index is 1.59. The van der Waals surface area contributed by atoms with Crippen molar-refractivity contribution in [3.05, 3.63) is 28.0 Å². The van der Waals surface area contributed by atoms with E-state index in [-0.39, 0.29) is 0 Å². The van der Waals surface area contributed by atoms with Crippen LogP contribution in [-0.4, -0.2) is 41.3 Å². The van der Waals surface area contributed by atoms with Gasteiger partial charge in [-0.25, -0.2) is 4.79 Å². The molecule has 5 heteroatoms. The van der Waals surface area contributed by atoms with Crippen LogP contribution in [-0.2, 0) is 16.1 Å². The zero-order valence-corrected chi connectivity index (χ0v) is 11.4. The second kappa shape index (κ2) is 5.45. The first-order valence-corrected chi connectivity index (χ1v) is 7.43. The van der Waals surface area contributed by atoms with Gasteiger partial charge in [0.2, 0.25) is 0 Å². The Morgan fingerprint density at radius 2 is 2.21 bits per heavy atom. The molecule has 0 saturated carbocycles. The molecule has 2 aliphatic heterocycles. The van der Waals surface area contributed by atoms with Crippen LogP contribution in [0.15, 0.2) is 17.5 Å². The van der Waals surface area contributed by atoms with Crippen LogP contribution in [0, 0.1) is 0 Å². The van der Waals surface area contributed by atoms with E-state index in [0.717, 1.165) is 25.2 Å². The van der Waals surface area contributed by atoms with Crippen molar-refractivity contribution in [3.63, 3.8) is 0 Å². The zero-order valence-electron chi connectivity index (χ0n) is 10.6. The number of hydrogen-bond donors (Lipinski definition) is 1. The molecule has 3 heterocycles. The quantitative estimate of drug-likeness (QED) is 0.859. The lowest BCUT2D eigenvalue weighted by molar-refractivity contribution is -0.131. The van der Waals surface area contributed by atoms with Crippen molar-refractivity contribution in [2.75, 3.05) is 13.1 Å². The SMILES string of the molecule is O=C(O)C=Cc1csc(CN2CC3CCC(C2)O3)c1. The number of fused-ring (bicyclic) bond motifs is 2. The van der Waals surface area contributed by atoms with Gasteiger partial charge in [-0.2, -0.15) is 0 Å². The molecule has 0 amide bonds. The summed E-state index contributed by atoms with van der Waals surface area (Å²) < 4.78 is 5.82. The van der Waals surface area contributed by atoms with E-state index in [4.69, 9.17) is 9.84 Å². The fourth-order valence-corrected chi connectivity index (χ4v) is 3.68. The molecule has 1 aromatic rings. The fraction of sp³-hybridized carbons (Fsp3) is 0.500. The minimum atomic E-state index is -0.905. The molecule has 4 nitrogen and oxygen atoms in total. The van der Waals surface area contributed by atoms with Crippen LogP contribution < -0.4 is 0 Å². The van der Waals surface area contributed by atoms with Gasteiger partial charge in [0.15, 0.2) is 0 Å². The number of nitrogens with zero attached hydrogens (tertiary/aromatic N) is 1. The number of rotatable bonds is 4. The predicted octanol–water partition coefficient (Wildman–Crippen LogP) is 2.21. The third kappa shape index (κ3) is 3.23. The number of aliphatic carboxylic acids is 1. The number of carboxylic acid groups (broad SMARTS) is 1. The van der Waals surface area contributed by atoms with Crippen LogP contribution in [0.3, 0.4) is 0 Å². The summed E-state index contributed by atoms with van der Waals surface area (Å²) >= 11 is 1.69. The molecular weight excluding hydrogens is 262 g/mol. The van der Waals surface area contributed by atoms with Crippen LogP contribution in [0.5, 0.6) is 0 Å². The van der Waals surface area contributed by atoms with Gasteiger partial charge in [-0.3, -0.25) is 4.90 Å². The predicted molar refractivity (Wildman–Crippen MR) is 74.2 cm³/mol. The first-order chi connectivity index (χ1) is 9.19. The number of likely N-dealkylation sites (tertiary alicyclic amines) is 1. The first-order valence-electron chi connectivity index (χ1n) is 6.55. The molecule has 2 bridgehead atoms. The monoisotopic (exact) mass is 279 g/mol. The molecule has 2 fully saturated rings. The van der Waals surface area contributed by atoms with E-state index in [2.05, 4.69) is 11.0 Å². The number of thiophene rings is 1. The average Bonchev–Trinajstić information content (AvgIpc) is 2.94. The summed E-state index contributed by atoms with van der Waals surface area (Å²) in [4.78, 5) is 14.2. The van der Waals surface area contributed by atoms with E-state index >= 15 is 0 Å². The Hall–Kier alpha value is -1.17. The smallest absolute Gasteiger partial charge is 0.328 e. The van der Waals surface area contributed by atoms with E-state index in [1.54, 1.807) is 17.4 Å². The van der Waals surface area contributed by atoms with E-state index in [1.807, 2.05) is 5.38 Å². The van der Waals surface area contributed by atoms with Crippen molar-refractivity contribution < 1.29 is 14.6 Å². The molecule has 2 saturated heterocycles. The average molecular weight is 279 g/mol. The van der Waals surface area contributed by atoms with E-state index in [0.29, 0.717) is 12.2 Å². The number of morpholine rings is 1. The summed E-state index contributed by atoms with van der Waals surface area (Å²) in [7, 11) is 0. The Bertz CT molecular complexity index is 485. The highest BCUT2D eigenvalue weighted by Gasteiger charge is 2.33. The van der Waals surface area contributed by atoms with Gasteiger partial charge in [0.25, 0.3) is 0 Å². The molecule has 2 unspecified atom stereocenters. The van der Waals surface area contributed by atoms with Gasteiger partial charge in [0.05, 0.1) is 12.2 Å². The highest BCUT2D eigenvalue weighted by atomic mass is 32.1. The first kappa shape index (κ1) is 12.8. The molecule has 0 aliphatic carbocycles. The summed E-state index contributed by atoms with van der Waals surface area (Å²) in [5.74, 6) is -0.905. The van der Waals surface area contributed by atoms with Gasteiger partial charge in [0, 0.05) is 30.6 Å². The van der Waals surface area contributed by atoms with Gasteiger partial charge in [-0.1, -0.05) is 0 Å². The molecule has 2 atom stereocenters. The molecule has 0 spiro atoms. The lowest BCUT2D eigenvalue weighted by atomic mass is 10.2. The standard InChI is InChI=1S/C14H17NO3S/c16-14(17)4-1-10-5-13(19-9-10)8-15-6-11-2-3-12(7-15)18-11/h1,4-5,9,11-12H,2-3,6-8H2,(H,16,17). The van der Waals surface area contributed by atoms with Crippen LogP contribution in [0.2, 0.25) is 0 Å². The molecule has 1 aromatic heterocycles. The second-order valence-electron chi connectivity index (χ2n) is 5.17. The maximum atomic E-state index is 10.5. The van der Waals surface area contributed by atoms with Crippen molar-refractivity contribution in [1.82, 2.24) is 4.90 Å². The summed E-state index contributed by atoms with van der Waals surface area (Å²) in [5, 5.41) is 10.6. The van der Waals surface area contributed by atoms with Crippen LogP contribution in [0.25, 0.3) is 6.08 Å². The van der Waals surface area contributed by atoms with Gasteiger partial charge >= 0.3 is 5.97 Å². The molecule has 0 aromatic carbocycles. The highest BCUT2D eigenvalue weighted by molar-refractivity contribution is 7.10. The fourth-order valence-electron chi connectivity index (χ4n) is 2.78. The number of ether oxygens (including phenoxy) is 1. The van der Waals surface area contributed by atoms with Crippen molar-refractivity contribution in [2.45, 2.75) is 31.6 Å². The Morgan fingerprint density at radius 3 is 2.89 bits per heavy atom. The van der Waals surface area contributed by atoms with Gasteiger partial charge < -0.3 is 9.84 Å². The van der Waals surface area contributed by atoms with Crippen molar-refractivity contribution in [1.29, 1.82) is 0 Å².